The van der Waals surface area contributed by atoms with Gasteiger partial charge >= 0.3 is 5.97 Å². The lowest BCUT2D eigenvalue weighted by molar-refractivity contribution is -0.146. The Morgan fingerprint density at radius 2 is 1.60 bits per heavy atom. The second kappa shape index (κ2) is 8.26. The highest BCUT2D eigenvalue weighted by Gasteiger charge is 2.28. The van der Waals surface area contributed by atoms with Gasteiger partial charge in [0, 0.05) is 6.04 Å². The number of nitrogens with one attached hydrogen (secondary N) is 1. The van der Waals surface area contributed by atoms with Crippen LogP contribution in [0.2, 0.25) is 0 Å². The fourth-order valence-electron chi connectivity index (χ4n) is 3.58. The fourth-order valence-corrected chi connectivity index (χ4v) is 3.58. The molecular weight excluding hydrogens is 317 g/mol. The number of hydrogen-bond acceptors (Lipinski definition) is 3. The molecule has 0 amide bonds. The topological polar surface area (TPSA) is 38.3 Å². The Bertz CT molecular complexity index is 679. The first kappa shape index (κ1) is 17.6. The minimum atomic E-state index is -0.228. The third-order valence-corrected chi connectivity index (χ3v) is 5.00. The normalized spacial score (nSPS) is 21.5. The van der Waals surface area contributed by atoms with Crippen molar-refractivity contribution in [2.45, 2.75) is 37.8 Å². The van der Waals surface area contributed by atoms with Gasteiger partial charge in [-0.15, -0.1) is 0 Å². The van der Waals surface area contributed by atoms with Crippen LogP contribution >= 0.6 is 0 Å². The molecule has 132 valence electrons. The molecule has 1 saturated carbocycles. The quantitative estimate of drug-likeness (QED) is 0.827. The highest BCUT2D eigenvalue weighted by atomic mass is 19.1. The third kappa shape index (κ3) is 4.45. The highest BCUT2D eigenvalue weighted by molar-refractivity contribution is 5.72. The maximum Gasteiger partial charge on any atom is 0.308 e. The lowest BCUT2D eigenvalue weighted by Crippen LogP contribution is -2.38. The monoisotopic (exact) mass is 341 g/mol. The minimum Gasteiger partial charge on any atom is -0.469 e. The smallest absolute Gasteiger partial charge is 0.308 e. The molecule has 3 nitrogen and oxygen atoms in total. The summed E-state index contributed by atoms with van der Waals surface area (Å²) in [5.74, 6) is -0.310. The van der Waals surface area contributed by atoms with Gasteiger partial charge in [0.2, 0.25) is 0 Å². The average Bonchev–Trinajstić information content (AvgIpc) is 2.67. The first-order valence-corrected chi connectivity index (χ1v) is 8.81. The van der Waals surface area contributed by atoms with Gasteiger partial charge in [0.15, 0.2) is 0 Å². The van der Waals surface area contributed by atoms with Gasteiger partial charge in [0.1, 0.15) is 5.82 Å². The maximum absolute atomic E-state index is 13.3. The van der Waals surface area contributed by atoms with E-state index in [0.29, 0.717) is 6.04 Å². The van der Waals surface area contributed by atoms with Crippen molar-refractivity contribution in [2.24, 2.45) is 5.92 Å². The number of halogens is 1. The first-order chi connectivity index (χ1) is 12.2. The molecule has 4 heteroatoms. The van der Waals surface area contributed by atoms with E-state index in [9.17, 15) is 9.18 Å². The van der Waals surface area contributed by atoms with Crippen LogP contribution in [0, 0.1) is 11.7 Å². The summed E-state index contributed by atoms with van der Waals surface area (Å²) in [6.07, 6.45) is 3.55. The summed E-state index contributed by atoms with van der Waals surface area (Å²) in [7, 11) is 1.45. The van der Waals surface area contributed by atoms with Crippen molar-refractivity contribution in [1.29, 1.82) is 0 Å². The number of carbonyl (C=O) groups is 1. The van der Waals surface area contributed by atoms with Gasteiger partial charge in [-0.3, -0.25) is 4.79 Å². The van der Waals surface area contributed by atoms with Crippen LogP contribution in [-0.4, -0.2) is 19.1 Å². The number of rotatable bonds is 5. The number of benzene rings is 2. The number of methoxy groups -OCH3 is 1. The molecule has 0 bridgehead atoms. The Labute approximate surface area is 148 Å². The predicted molar refractivity (Wildman–Crippen MR) is 95.6 cm³/mol. The number of hydrogen-bond donors (Lipinski definition) is 1. The molecule has 1 atom stereocenters. The lowest BCUT2D eigenvalue weighted by atomic mass is 9.85. The van der Waals surface area contributed by atoms with Crippen LogP contribution in [0.5, 0.6) is 0 Å². The van der Waals surface area contributed by atoms with E-state index in [1.54, 1.807) is 0 Å². The minimum absolute atomic E-state index is 0.0153. The van der Waals surface area contributed by atoms with Crippen LogP contribution in [0.15, 0.2) is 54.6 Å². The van der Waals surface area contributed by atoms with Gasteiger partial charge in [-0.25, -0.2) is 4.39 Å². The van der Waals surface area contributed by atoms with Crippen molar-refractivity contribution in [3.05, 3.63) is 71.5 Å². The molecule has 0 radical (unpaired) electrons. The molecule has 3 rings (SSSR count). The molecule has 0 spiro atoms. The van der Waals surface area contributed by atoms with E-state index in [4.69, 9.17) is 4.74 Å². The molecule has 2 aromatic rings. The van der Waals surface area contributed by atoms with Crippen molar-refractivity contribution in [2.75, 3.05) is 7.11 Å². The standard InChI is InChI=1S/C21H24FNO2/c1-25-21(24)17-9-13-19(14-10-17)23-20(15-5-3-2-4-6-15)16-7-11-18(22)12-8-16/h2-8,11-12,17,19-20,23H,9-10,13-14H2,1H3. The molecule has 0 heterocycles. The molecule has 1 aliphatic rings. The summed E-state index contributed by atoms with van der Waals surface area (Å²) in [5.41, 5.74) is 2.20. The summed E-state index contributed by atoms with van der Waals surface area (Å²) in [6.45, 7) is 0. The zero-order chi connectivity index (χ0) is 17.6. The van der Waals surface area contributed by atoms with E-state index in [2.05, 4.69) is 17.4 Å². The van der Waals surface area contributed by atoms with Crippen LogP contribution in [0.4, 0.5) is 4.39 Å². The summed E-state index contributed by atoms with van der Waals surface area (Å²) in [5, 5.41) is 3.71. The Balaban J connectivity index is 1.73. The first-order valence-electron chi connectivity index (χ1n) is 8.81. The van der Waals surface area contributed by atoms with Crippen LogP contribution < -0.4 is 5.32 Å². The molecule has 1 unspecified atom stereocenters. The average molecular weight is 341 g/mol. The molecule has 1 fully saturated rings. The van der Waals surface area contributed by atoms with Crippen molar-refractivity contribution >= 4 is 5.97 Å². The largest absolute Gasteiger partial charge is 0.469 e. The summed E-state index contributed by atoms with van der Waals surface area (Å²) < 4.78 is 18.2. The van der Waals surface area contributed by atoms with Gasteiger partial charge < -0.3 is 10.1 Å². The zero-order valence-electron chi connectivity index (χ0n) is 14.5. The van der Waals surface area contributed by atoms with E-state index >= 15 is 0 Å². The Kier molecular flexibility index (Phi) is 5.82. The number of esters is 1. The van der Waals surface area contributed by atoms with Gasteiger partial charge in [-0.2, -0.15) is 0 Å². The van der Waals surface area contributed by atoms with Gasteiger partial charge in [0.05, 0.1) is 19.1 Å². The van der Waals surface area contributed by atoms with Crippen LogP contribution in [-0.2, 0) is 9.53 Å². The van der Waals surface area contributed by atoms with E-state index in [1.165, 1.54) is 19.2 Å². The molecule has 1 N–H and O–H groups in total. The van der Waals surface area contributed by atoms with Gasteiger partial charge in [0.25, 0.3) is 0 Å². The predicted octanol–water partition coefficient (Wildman–Crippen LogP) is 4.24. The molecular formula is C21H24FNO2. The number of ether oxygens (including phenoxy) is 1. The van der Waals surface area contributed by atoms with Crippen LogP contribution in [0.25, 0.3) is 0 Å². The van der Waals surface area contributed by atoms with Crippen LogP contribution in [0.1, 0.15) is 42.9 Å². The molecule has 0 aromatic heterocycles. The Morgan fingerprint density at radius 3 is 2.20 bits per heavy atom. The van der Waals surface area contributed by atoms with Crippen molar-refractivity contribution in [1.82, 2.24) is 5.32 Å². The Morgan fingerprint density at radius 1 is 1.00 bits per heavy atom. The molecule has 1 aliphatic carbocycles. The van der Waals surface area contributed by atoms with E-state index in [0.717, 1.165) is 36.8 Å². The molecule has 25 heavy (non-hydrogen) atoms. The summed E-state index contributed by atoms with van der Waals surface area (Å²) in [4.78, 5) is 11.7. The second-order valence-corrected chi connectivity index (χ2v) is 6.63. The zero-order valence-corrected chi connectivity index (χ0v) is 14.5. The molecule has 0 aliphatic heterocycles. The summed E-state index contributed by atoms with van der Waals surface area (Å²) in [6, 6.07) is 17.2. The fraction of sp³-hybridized carbons (Fsp3) is 0.381. The molecule has 0 saturated heterocycles. The van der Waals surface area contributed by atoms with Crippen molar-refractivity contribution < 1.29 is 13.9 Å². The highest BCUT2D eigenvalue weighted by Crippen LogP contribution is 2.29. The third-order valence-electron chi connectivity index (χ3n) is 5.00. The molecule has 2 aromatic carbocycles. The maximum atomic E-state index is 13.3. The second-order valence-electron chi connectivity index (χ2n) is 6.63. The lowest BCUT2D eigenvalue weighted by Gasteiger charge is -2.31. The Hall–Kier alpha value is -2.20. The van der Waals surface area contributed by atoms with E-state index in [1.807, 2.05) is 30.3 Å². The van der Waals surface area contributed by atoms with E-state index < -0.39 is 0 Å². The van der Waals surface area contributed by atoms with Gasteiger partial charge in [-0.05, 0) is 48.9 Å². The number of carbonyl (C=O) groups excluding carboxylic acids is 1. The van der Waals surface area contributed by atoms with Crippen LogP contribution in [0.3, 0.4) is 0 Å². The van der Waals surface area contributed by atoms with Crippen molar-refractivity contribution in [3.8, 4) is 0 Å². The van der Waals surface area contributed by atoms with E-state index in [-0.39, 0.29) is 23.7 Å². The van der Waals surface area contributed by atoms with Gasteiger partial charge in [-0.1, -0.05) is 42.5 Å². The SMILES string of the molecule is COC(=O)C1CCC(NC(c2ccccc2)c2ccc(F)cc2)CC1. The summed E-state index contributed by atoms with van der Waals surface area (Å²) >= 11 is 0. The van der Waals surface area contributed by atoms with Crippen molar-refractivity contribution in [3.63, 3.8) is 0 Å².